The molecule has 0 N–H and O–H groups in total. The third-order valence-corrected chi connectivity index (χ3v) is 3.64. The predicted molar refractivity (Wildman–Crippen MR) is 85.6 cm³/mol. The van der Waals surface area contributed by atoms with Crippen molar-refractivity contribution in [1.82, 2.24) is 4.98 Å². The zero-order chi connectivity index (χ0) is 14.0. The summed E-state index contributed by atoms with van der Waals surface area (Å²) >= 11 is 0. The molecule has 1 heterocycles. The molecule has 1 aromatic carbocycles. The van der Waals surface area contributed by atoms with Crippen molar-refractivity contribution in [1.29, 1.82) is 0 Å². The summed E-state index contributed by atoms with van der Waals surface area (Å²) in [6.07, 6.45) is 11.1. The molecular weight excluding hydrogens is 434 g/mol. The molecule has 0 amide bonds. The number of benzene rings is 1. The molecule has 1 nitrogen and oxygen atoms in total. The van der Waals surface area contributed by atoms with Crippen LogP contribution in [0.1, 0.15) is 51.0 Å². The van der Waals surface area contributed by atoms with E-state index < -0.39 is 0 Å². The zero-order valence-corrected chi connectivity index (χ0v) is 15.2. The minimum absolute atomic E-state index is 0. The summed E-state index contributed by atoms with van der Waals surface area (Å²) in [5, 5.41) is 0. The van der Waals surface area contributed by atoms with Crippen molar-refractivity contribution >= 4 is 0 Å². The van der Waals surface area contributed by atoms with Crippen LogP contribution in [-0.4, -0.2) is 4.98 Å². The number of aryl methyl sites for hydroxylation is 1. The Morgan fingerprint density at radius 1 is 0.952 bits per heavy atom. The van der Waals surface area contributed by atoms with Crippen molar-refractivity contribution in [2.75, 3.05) is 0 Å². The Bertz CT molecular complexity index is 479. The molecule has 2 rings (SSSR count). The molecule has 0 aliphatic heterocycles. The Kier molecular flexibility index (Phi) is 9.21. The minimum atomic E-state index is 0. The van der Waals surface area contributed by atoms with Gasteiger partial charge in [0.2, 0.25) is 0 Å². The van der Waals surface area contributed by atoms with E-state index in [4.69, 9.17) is 0 Å². The molecule has 0 aliphatic rings. The van der Waals surface area contributed by atoms with E-state index in [0.717, 1.165) is 11.3 Å². The van der Waals surface area contributed by atoms with Gasteiger partial charge in [0.1, 0.15) is 0 Å². The van der Waals surface area contributed by atoms with Gasteiger partial charge in [-0.1, -0.05) is 64.0 Å². The first-order chi connectivity index (χ1) is 9.90. The minimum Gasteiger partial charge on any atom is -0.305 e. The van der Waals surface area contributed by atoms with E-state index >= 15 is 0 Å². The van der Waals surface area contributed by atoms with Gasteiger partial charge in [-0.3, -0.25) is 0 Å². The molecule has 0 spiro atoms. The monoisotopic (exact) mass is 459 g/mol. The Balaban J connectivity index is 0.00000220. The number of aromatic nitrogens is 1. The van der Waals surface area contributed by atoms with Crippen molar-refractivity contribution in [3.8, 4) is 11.3 Å². The molecule has 0 atom stereocenters. The van der Waals surface area contributed by atoms with Crippen molar-refractivity contribution < 1.29 is 20.1 Å². The van der Waals surface area contributed by atoms with Gasteiger partial charge in [0.15, 0.2) is 0 Å². The molecule has 2 aromatic rings. The summed E-state index contributed by atoms with van der Waals surface area (Å²) in [5.41, 5.74) is 3.47. The van der Waals surface area contributed by atoms with Gasteiger partial charge in [0, 0.05) is 26.3 Å². The summed E-state index contributed by atoms with van der Waals surface area (Å²) in [7, 11) is 0. The van der Waals surface area contributed by atoms with Gasteiger partial charge in [0.05, 0.1) is 0 Å². The summed E-state index contributed by atoms with van der Waals surface area (Å²) in [6.45, 7) is 2.26. The number of hydrogen-bond donors (Lipinski definition) is 0. The second kappa shape index (κ2) is 10.7. The third-order valence-electron chi connectivity index (χ3n) is 3.64. The molecule has 21 heavy (non-hydrogen) atoms. The summed E-state index contributed by atoms with van der Waals surface area (Å²) in [4.78, 5) is 4.35. The molecule has 1 radical (unpaired) electrons. The first kappa shape index (κ1) is 18.1. The SMILES string of the molecule is CCCCCCCCc1c[c-]c(-c2ccccn2)cc1.[Ir]. The van der Waals surface area contributed by atoms with E-state index in [2.05, 4.69) is 36.2 Å². The van der Waals surface area contributed by atoms with Crippen molar-refractivity contribution in [2.45, 2.75) is 51.9 Å². The molecule has 0 saturated heterocycles. The van der Waals surface area contributed by atoms with E-state index in [-0.39, 0.29) is 20.1 Å². The van der Waals surface area contributed by atoms with Crippen LogP contribution in [0.5, 0.6) is 0 Å². The van der Waals surface area contributed by atoms with E-state index in [9.17, 15) is 0 Å². The van der Waals surface area contributed by atoms with E-state index in [1.165, 1.54) is 50.5 Å². The summed E-state index contributed by atoms with van der Waals surface area (Å²) in [6, 6.07) is 15.8. The van der Waals surface area contributed by atoms with Crippen LogP contribution < -0.4 is 0 Å². The molecular formula is C19H24IrN-. The quantitative estimate of drug-likeness (QED) is 0.379. The van der Waals surface area contributed by atoms with Crippen LogP contribution in [0, 0.1) is 6.07 Å². The van der Waals surface area contributed by atoms with E-state index in [1.807, 2.05) is 24.4 Å². The second-order valence-corrected chi connectivity index (χ2v) is 5.34. The molecule has 1 aromatic heterocycles. The fourth-order valence-corrected chi connectivity index (χ4v) is 2.40. The Morgan fingerprint density at radius 2 is 1.76 bits per heavy atom. The average Bonchev–Trinajstić information content (AvgIpc) is 2.52. The van der Waals surface area contributed by atoms with Gasteiger partial charge >= 0.3 is 0 Å². The number of hydrogen-bond acceptors (Lipinski definition) is 1. The normalized spacial score (nSPS) is 10.1. The third kappa shape index (κ3) is 6.54. The molecule has 115 valence electrons. The zero-order valence-electron chi connectivity index (χ0n) is 12.8. The van der Waals surface area contributed by atoms with Gasteiger partial charge in [-0.15, -0.1) is 35.4 Å². The van der Waals surface area contributed by atoms with Crippen LogP contribution in [0.25, 0.3) is 11.3 Å². The van der Waals surface area contributed by atoms with Crippen molar-refractivity contribution in [3.05, 3.63) is 54.2 Å². The van der Waals surface area contributed by atoms with Crippen LogP contribution in [0.4, 0.5) is 0 Å². The maximum Gasteiger partial charge on any atom is 0.0160 e. The maximum absolute atomic E-state index is 4.35. The Labute approximate surface area is 142 Å². The maximum atomic E-state index is 4.35. The molecule has 0 fully saturated rings. The molecule has 2 heteroatoms. The van der Waals surface area contributed by atoms with Gasteiger partial charge < -0.3 is 4.98 Å². The van der Waals surface area contributed by atoms with Crippen LogP contribution in [0.3, 0.4) is 0 Å². The molecule has 0 aliphatic carbocycles. The Morgan fingerprint density at radius 3 is 2.43 bits per heavy atom. The predicted octanol–water partition coefficient (Wildman–Crippen LogP) is 5.45. The topological polar surface area (TPSA) is 12.9 Å². The van der Waals surface area contributed by atoms with Crippen LogP contribution >= 0.6 is 0 Å². The number of rotatable bonds is 8. The van der Waals surface area contributed by atoms with Crippen LogP contribution in [0.2, 0.25) is 0 Å². The van der Waals surface area contributed by atoms with Crippen LogP contribution in [0.15, 0.2) is 42.6 Å². The fourth-order valence-electron chi connectivity index (χ4n) is 2.40. The van der Waals surface area contributed by atoms with Crippen molar-refractivity contribution in [2.24, 2.45) is 0 Å². The van der Waals surface area contributed by atoms with Crippen molar-refractivity contribution in [3.63, 3.8) is 0 Å². The second-order valence-electron chi connectivity index (χ2n) is 5.34. The van der Waals surface area contributed by atoms with Gasteiger partial charge in [-0.25, -0.2) is 0 Å². The average molecular weight is 459 g/mol. The molecule has 0 unspecified atom stereocenters. The largest absolute Gasteiger partial charge is 0.305 e. The van der Waals surface area contributed by atoms with Gasteiger partial charge in [-0.2, -0.15) is 0 Å². The number of pyridine rings is 1. The Hall–Kier alpha value is -0.981. The summed E-state index contributed by atoms with van der Waals surface area (Å²) < 4.78 is 0. The fraction of sp³-hybridized carbons (Fsp3) is 0.421. The summed E-state index contributed by atoms with van der Waals surface area (Å²) in [5.74, 6) is 0. The first-order valence-corrected chi connectivity index (χ1v) is 7.82. The van der Waals surface area contributed by atoms with E-state index in [0.29, 0.717) is 0 Å². The number of unbranched alkanes of at least 4 members (excludes halogenated alkanes) is 5. The standard InChI is InChI=1S/C19H24N.Ir/c1-2-3-4-5-6-7-10-17-12-14-18(15-13-17)19-11-8-9-16-20-19;/h8-9,11-14,16H,2-7,10H2,1H3;/q-1;. The number of nitrogens with zero attached hydrogens (tertiary/aromatic N) is 1. The smallest absolute Gasteiger partial charge is 0.0160 e. The van der Waals surface area contributed by atoms with Gasteiger partial charge in [0.25, 0.3) is 0 Å². The molecule has 0 bridgehead atoms. The van der Waals surface area contributed by atoms with Gasteiger partial charge in [-0.05, 0) is 11.8 Å². The van der Waals surface area contributed by atoms with E-state index in [1.54, 1.807) is 0 Å². The van der Waals surface area contributed by atoms with Crippen LogP contribution in [-0.2, 0) is 26.5 Å². The first-order valence-electron chi connectivity index (χ1n) is 7.82. The molecule has 0 saturated carbocycles.